The van der Waals surface area contributed by atoms with Gasteiger partial charge in [-0.05, 0) is 26.3 Å². The number of hydrogen-bond acceptors (Lipinski definition) is 9. The van der Waals surface area contributed by atoms with Crippen molar-refractivity contribution in [3.63, 3.8) is 0 Å². The van der Waals surface area contributed by atoms with Crippen LogP contribution in [-0.2, 0) is 27.1 Å². The topological polar surface area (TPSA) is 152 Å². The molecule has 2 heterocycles. The van der Waals surface area contributed by atoms with E-state index in [2.05, 4.69) is 9.87 Å². The largest absolute Gasteiger partial charge is 0.426 e. The Kier molecular flexibility index (Phi) is 6.73. The summed E-state index contributed by atoms with van der Waals surface area (Å²) >= 11 is 0. The van der Waals surface area contributed by atoms with E-state index in [0.717, 1.165) is 21.3 Å². The molecule has 0 saturated carbocycles. The number of rotatable bonds is 7. The number of fused-ring (bicyclic) bond motifs is 1. The minimum Gasteiger partial charge on any atom is -0.426 e. The van der Waals surface area contributed by atoms with E-state index in [0.29, 0.717) is 11.3 Å². The summed E-state index contributed by atoms with van der Waals surface area (Å²) in [5, 5.41) is 29.7. The van der Waals surface area contributed by atoms with Crippen LogP contribution in [0.1, 0.15) is 28.7 Å². The molecule has 1 aromatic heterocycles. The lowest BCUT2D eigenvalue weighted by molar-refractivity contribution is -0.412. The van der Waals surface area contributed by atoms with Gasteiger partial charge < -0.3 is 19.3 Å². The van der Waals surface area contributed by atoms with Crippen molar-refractivity contribution in [3.8, 4) is 5.75 Å². The number of H-pyrrole nitrogens is 1. The molecule has 0 radical (unpaired) electrons. The van der Waals surface area contributed by atoms with Crippen LogP contribution in [0.15, 0.2) is 27.9 Å². The van der Waals surface area contributed by atoms with E-state index in [1.807, 2.05) is 26.0 Å². The van der Waals surface area contributed by atoms with Crippen molar-refractivity contribution < 1.29 is 33.9 Å². The Morgan fingerprint density at radius 2 is 2.00 bits per heavy atom. The van der Waals surface area contributed by atoms with Gasteiger partial charge in [-0.2, -0.15) is 0 Å². The molecule has 2 aromatic rings. The molecule has 0 saturated heterocycles. The second-order valence-corrected chi connectivity index (χ2v) is 8.13. The zero-order valence-electron chi connectivity index (χ0n) is 16.6. The average Bonchev–Trinajstić information content (AvgIpc) is 2.66. The maximum atomic E-state index is 11.8. The highest BCUT2D eigenvalue weighted by Crippen LogP contribution is 2.51. The number of nitrogens with one attached hydrogen (secondary N) is 1. The number of hydrogen-bond donors (Lipinski definition) is 4. The van der Waals surface area contributed by atoms with Gasteiger partial charge in [-0.1, -0.05) is 17.7 Å². The molecule has 2 unspecified atom stereocenters. The fraction of sp³-hybridized carbons (Fsp3) is 0.444. The van der Waals surface area contributed by atoms with Crippen LogP contribution in [0.3, 0.4) is 0 Å². The minimum absolute atomic E-state index is 0.102. The molecule has 3 rings (SSSR count). The lowest BCUT2D eigenvalue weighted by Gasteiger charge is -2.32. The van der Waals surface area contributed by atoms with Gasteiger partial charge in [-0.25, -0.2) is 14.2 Å². The van der Waals surface area contributed by atoms with E-state index in [-0.39, 0.29) is 19.6 Å². The molecule has 164 valence electrons. The second-order valence-electron chi connectivity index (χ2n) is 7.06. The summed E-state index contributed by atoms with van der Waals surface area (Å²) < 4.78 is 17.3. The van der Waals surface area contributed by atoms with Crippen molar-refractivity contribution in [1.29, 1.82) is 0 Å². The van der Waals surface area contributed by atoms with Gasteiger partial charge in [0, 0.05) is 30.3 Å². The highest BCUT2D eigenvalue weighted by Gasteiger charge is 2.43. The van der Waals surface area contributed by atoms with Crippen LogP contribution in [0.5, 0.6) is 5.75 Å². The molecule has 12 heteroatoms. The van der Waals surface area contributed by atoms with Crippen molar-refractivity contribution in [3.05, 3.63) is 61.4 Å². The lowest BCUT2D eigenvalue weighted by atomic mass is 10.1. The predicted octanol–water partition coefficient (Wildman–Crippen LogP) is 1.20. The van der Waals surface area contributed by atoms with Crippen molar-refractivity contribution in [2.24, 2.45) is 0 Å². The SMILES string of the molecule is Cc1cc(C)c2c(c1)COP(OC(O)(O)C(CCn1cc(C)c(=O)[nH]c1=O)OO)O2. The van der Waals surface area contributed by atoms with Gasteiger partial charge in [0.05, 0.1) is 6.61 Å². The number of aromatic nitrogens is 2. The van der Waals surface area contributed by atoms with Crippen molar-refractivity contribution >= 4 is 8.60 Å². The first-order chi connectivity index (χ1) is 14.1. The summed E-state index contributed by atoms with van der Waals surface area (Å²) in [6.45, 7) is 5.35. The lowest BCUT2D eigenvalue weighted by Crippen LogP contribution is -2.46. The number of aryl methyl sites for hydroxylation is 4. The molecule has 1 aliphatic heterocycles. The Morgan fingerprint density at radius 3 is 2.70 bits per heavy atom. The molecule has 1 aromatic carbocycles. The Bertz CT molecular complexity index is 1030. The maximum absolute atomic E-state index is 11.8. The Balaban J connectivity index is 1.68. The third-order valence-corrected chi connectivity index (χ3v) is 5.65. The Hall–Kier alpha value is -2.11. The molecule has 2 atom stereocenters. The zero-order valence-corrected chi connectivity index (χ0v) is 17.5. The van der Waals surface area contributed by atoms with E-state index in [1.165, 1.54) is 13.1 Å². The smallest absolute Gasteiger partial charge is 0.402 e. The first kappa shape index (κ1) is 22.6. The van der Waals surface area contributed by atoms with Crippen molar-refractivity contribution in [2.75, 3.05) is 0 Å². The van der Waals surface area contributed by atoms with Gasteiger partial charge in [0.15, 0.2) is 6.10 Å². The van der Waals surface area contributed by atoms with Crippen molar-refractivity contribution in [2.45, 2.75) is 52.4 Å². The zero-order chi connectivity index (χ0) is 22.1. The van der Waals surface area contributed by atoms with E-state index in [9.17, 15) is 19.8 Å². The summed E-state index contributed by atoms with van der Waals surface area (Å²) in [7, 11) is -2.20. The first-order valence-corrected chi connectivity index (χ1v) is 10.2. The summed E-state index contributed by atoms with van der Waals surface area (Å²) in [6.07, 6.45) is -0.592. The van der Waals surface area contributed by atoms with Crippen LogP contribution in [-0.4, -0.2) is 37.1 Å². The van der Waals surface area contributed by atoms with Crippen LogP contribution >= 0.6 is 8.60 Å². The summed E-state index contributed by atoms with van der Waals surface area (Å²) in [4.78, 5) is 29.6. The number of aliphatic hydroxyl groups is 2. The fourth-order valence-corrected chi connectivity index (χ4v) is 4.20. The van der Waals surface area contributed by atoms with Gasteiger partial charge in [-0.15, -0.1) is 0 Å². The molecule has 0 aliphatic carbocycles. The van der Waals surface area contributed by atoms with Crippen LogP contribution < -0.4 is 15.8 Å². The second kappa shape index (κ2) is 8.94. The summed E-state index contributed by atoms with van der Waals surface area (Å²) in [5.41, 5.74) is 1.77. The van der Waals surface area contributed by atoms with E-state index < -0.39 is 31.9 Å². The van der Waals surface area contributed by atoms with E-state index >= 15 is 0 Å². The van der Waals surface area contributed by atoms with Gasteiger partial charge in [-0.3, -0.25) is 19.6 Å². The predicted molar refractivity (Wildman–Crippen MR) is 105 cm³/mol. The summed E-state index contributed by atoms with van der Waals surface area (Å²) in [6, 6.07) is 3.80. The number of nitrogens with zero attached hydrogens (tertiary/aromatic N) is 1. The molecule has 0 spiro atoms. The van der Waals surface area contributed by atoms with Crippen LogP contribution in [0.4, 0.5) is 0 Å². The third-order valence-electron chi connectivity index (χ3n) is 4.56. The van der Waals surface area contributed by atoms with Gasteiger partial charge in [0.2, 0.25) is 0 Å². The van der Waals surface area contributed by atoms with E-state index in [4.69, 9.17) is 18.8 Å². The molecular formula is C18H23N2O9P. The van der Waals surface area contributed by atoms with E-state index in [1.54, 1.807) is 0 Å². The Labute approximate surface area is 172 Å². The molecule has 1 aliphatic rings. The normalized spacial score (nSPS) is 17.3. The molecule has 0 fully saturated rings. The number of aromatic amines is 1. The fourth-order valence-electron chi connectivity index (χ4n) is 3.07. The molecule has 0 bridgehead atoms. The highest BCUT2D eigenvalue weighted by atomic mass is 31.2. The van der Waals surface area contributed by atoms with Gasteiger partial charge in [0.1, 0.15) is 5.75 Å². The molecule has 0 amide bonds. The molecule has 11 nitrogen and oxygen atoms in total. The van der Waals surface area contributed by atoms with Crippen LogP contribution in [0.2, 0.25) is 0 Å². The minimum atomic E-state index is -2.97. The van der Waals surface area contributed by atoms with Crippen LogP contribution in [0, 0.1) is 20.8 Å². The maximum Gasteiger partial charge on any atom is 0.402 e. The average molecular weight is 442 g/mol. The summed E-state index contributed by atoms with van der Waals surface area (Å²) in [5.74, 6) is -2.44. The van der Waals surface area contributed by atoms with Crippen molar-refractivity contribution in [1.82, 2.24) is 9.55 Å². The third kappa shape index (κ3) is 4.96. The molecule has 30 heavy (non-hydrogen) atoms. The quantitative estimate of drug-likeness (QED) is 0.214. The first-order valence-electron chi connectivity index (χ1n) is 9.06. The standard InChI is InChI=1S/C18H23N2O9P/c1-10-6-11(2)15-13(7-10)9-26-30(28-15)29-18(23,24)14(27-25)4-5-20-8-12(3)16(21)19-17(20)22/h6-8,14,23-25H,4-5,9H2,1-3H3,(H,19,21,22). The van der Waals surface area contributed by atoms with Gasteiger partial charge >= 0.3 is 20.3 Å². The van der Waals surface area contributed by atoms with Crippen LogP contribution in [0.25, 0.3) is 0 Å². The Morgan fingerprint density at radius 1 is 1.27 bits per heavy atom. The monoisotopic (exact) mass is 442 g/mol. The van der Waals surface area contributed by atoms with Gasteiger partial charge in [0.25, 0.3) is 5.56 Å². The molecular weight excluding hydrogens is 419 g/mol. The highest BCUT2D eigenvalue weighted by molar-refractivity contribution is 7.42. The number of benzene rings is 1. The molecule has 4 N–H and O–H groups in total.